The maximum atomic E-state index is 5.30. The first kappa shape index (κ1) is 13.5. The number of rotatable bonds is 5. The lowest BCUT2D eigenvalue weighted by atomic mass is 10.3. The Bertz CT molecular complexity index is 539. The maximum absolute atomic E-state index is 5.30. The molecule has 0 aliphatic carbocycles. The normalized spacial score (nSPS) is 11.6. The van der Waals surface area contributed by atoms with E-state index < -0.39 is 0 Å². The molecule has 2 heterocycles. The molecule has 0 aliphatic rings. The molecular formula is C12H18N4S2. The van der Waals surface area contributed by atoms with E-state index in [-0.39, 0.29) is 0 Å². The SMILES string of the molecule is CC(C)N(C)CCn1c(-c2cccs2)n[nH]c1=S. The van der Waals surface area contributed by atoms with Crippen molar-refractivity contribution in [2.45, 2.75) is 26.4 Å². The Labute approximate surface area is 116 Å². The van der Waals surface area contributed by atoms with Crippen LogP contribution in [0.25, 0.3) is 10.7 Å². The van der Waals surface area contributed by atoms with Gasteiger partial charge in [-0.1, -0.05) is 6.07 Å². The summed E-state index contributed by atoms with van der Waals surface area (Å²) in [4.78, 5) is 3.45. The van der Waals surface area contributed by atoms with E-state index in [1.54, 1.807) is 11.3 Å². The summed E-state index contributed by atoms with van der Waals surface area (Å²) >= 11 is 6.98. The van der Waals surface area contributed by atoms with Crippen LogP contribution in [0.4, 0.5) is 0 Å². The van der Waals surface area contributed by atoms with Gasteiger partial charge in [0.25, 0.3) is 0 Å². The number of thiophene rings is 1. The summed E-state index contributed by atoms with van der Waals surface area (Å²) in [7, 11) is 2.12. The molecule has 0 unspecified atom stereocenters. The van der Waals surface area contributed by atoms with Crippen LogP contribution < -0.4 is 0 Å². The van der Waals surface area contributed by atoms with Crippen LogP contribution in [0.2, 0.25) is 0 Å². The molecule has 0 radical (unpaired) electrons. The monoisotopic (exact) mass is 282 g/mol. The van der Waals surface area contributed by atoms with Crippen LogP contribution in [0.15, 0.2) is 17.5 Å². The van der Waals surface area contributed by atoms with E-state index in [0.29, 0.717) is 10.8 Å². The Hall–Kier alpha value is -0.980. The Morgan fingerprint density at radius 1 is 1.56 bits per heavy atom. The molecule has 2 rings (SSSR count). The average Bonchev–Trinajstić information content (AvgIpc) is 2.95. The molecule has 0 fully saturated rings. The summed E-state index contributed by atoms with van der Waals surface area (Å²) in [6.07, 6.45) is 0. The number of nitrogens with one attached hydrogen (secondary N) is 1. The van der Waals surface area contributed by atoms with Crippen molar-refractivity contribution in [1.29, 1.82) is 0 Å². The second-order valence-corrected chi connectivity index (χ2v) is 5.89. The van der Waals surface area contributed by atoms with Gasteiger partial charge >= 0.3 is 0 Å². The molecule has 4 nitrogen and oxygen atoms in total. The fourth-order valence-corrected chi connectivity index (χ4v) is 2.58. The first-order valence-electron chi connectivity index (χ1n) is 5.99. The van der Waals surface area contributed by atoms with E-state index in [9.17, 15) is 0 Å². The third-order valence-electron chi connectivity index (χ3n) is 3.06. The molecule has 0 amide bonds. The molecule has 6 heteroatoms. The zero-order valence-electron chi connectivity index (χ0n) is 10.9. The minimum Gasteiger partial charge on any atom is -0.302 e. The zero-order valence-corrected chi connectivity index (χ0v) is 12.5. The summed E-state index contributed by atoms with van der Waals surface area (Å²) in [5.74, 6) is 0.937. The van der Waals surface area contributed by atoms with Crippen molar-refractivity contribution in [3.63, 3.8) is 0 Å². The highest BCUT2D eigenvalue weighted by Gasteiger charge is 2.11. The molecule has 98 valence electrons. The fourth-order valence-electron chi connectivity index (χ4n) is 1.63. The van der Waals surface area contributed by atoms with Crippen LogP contribution >= 0.6 is 23.6 Å². The van der Waals surface area contributed by atoms with Gasteiger partial charge in [-0.3, -0.25) is 9.67 Å². The number of H-pyrrole nitrogens is 1. The highest BCUT2D eigenvalue weighted by atomic mass is 32.1. The summed E-state index contributed by atoms with van der Waals surface area (Å²) in [5.41, 5.74) is 0. The Balaban J connectivity index is 2.18. The smallest absolute Gasteiger partial charge is 0.195 e. The van der Waals surface area contributed by atoms with Gasteiger partial charge in [-0.15, -0.1) is 11.3 Å². The molecule has 2 aromatic heterocycles. The second kappa shape index (κ2) is 5.77. The molecule has 2 aromatic rings. The van der Waals surface area contributed by atoms with E-state index in [1.807, 2.05) is 6.07 Å². The number of aromatic nitrogens is 3. The molecule has 0 atom stereocenters. The minimum absolute atomic E-state index is 0.538. The molecular weight excluding hydrogens is 264 g/mol. The van der Waals surface area contributed by atoms with Gasteiger partial charge in [0, 0.05) is 19.1 Å². The Morgan fingerprint density at radius 3 is 2.94 bits per heavy atom. The highest BCUT2D eigenvalue weighted by Crippen LogP contribution is 2.22. The van der Waals surface area contributed by atoms with Gasteiger partial charge in [0.15, 0.2) is 10.6 Å². The lowest BCUT2D eigenvalue weighted by Crippen LogP contribution is -2.29. The molecule has 1 N–H and O–H groups in total. The molecule has 18 heavy (non-hydrogen) atoms. The Morgan fingerprint density at radius 2 is 2.33 bits per heavy atom. The van der Waals surface area contributed by atoms with Crippen molar-refractivity contribution in [3.8, 4) is 10.7 Å². The van der Waals surface area contributed by atoms with E-state index >= 15 is 0 Å². The quantitative estimate of drug-likeness (QED) is 0.857. The number of likely N-dealkylation sites (N-methyl/N-ethyl adjacent to an activating group) is 1. The lowest BCUT2D eigenvalue weighted by molar-refractivity contribution is 0.263. The lowest BCUT2D eigenvalue weighted by Gasteiger charge is -2.21. The van der Waals surface area contributed by atoms with Crippen molar-refractivity contribution in [2.24, 2.45) is 0 Å². The molecule has 0 saturated carbocycles. The van der Waals surface area contributed by atoms with Crippen molar-refractivity contribution in [3.05, 3.63) is 22.3 Å². The number of nitrogens with zero attached hydrogens (tertiary/aromatic N) is 3. The molecule has 0 aliphatic heterocycles. The molecule has 0 aromatic carbocycles. The second-order valence-electron chi connectivity index (χ2n) is 4.56. The first-order chi connectivity index (χ1) is 8.59. The standard InChI is InChI=1S/C12H18N4S2/c1-9(2)15(3)6-7-16-11(13-14-12(16)17)10-5-4-8-18-10/h4-5,8-9H,6-7H2,1-3H3,(H,14,17). The average molecular weight is 282 g/mol. The highest BCUT2D eigenvalue weighted by molar-refractivity contribution is 7.71. The number of hydrogen-bond acceptors (Lipinski definition) is 4. The summed E-state index contributed by atoms with van der Waals surface area (Å²) < 4.78 is 2.76. The zero-order chi connectivity index (χ0) is 13.1. The summed E-state index contributed by atoms with van der Waals surface area (Å²) in [6, 6.07) is 4.64. The Kier molecular flexibility index (Phi) is 4.31. The van der Waals surface area contributed by atoms with Crippen LogP contribution in [0.3, 0.4) is 0 Å². The van der Waals surface area contributed by atoms with Gasteiger partial charge in [-0.05, 0) is 44.6 Å². The van der Waals surface area contributed by atoms with Gasteiger partial charge < -0.3 is 4.90 Å². The van der Waals surface area contributed by atoms with Gasteiger partial charge in [0.2, 0.25) is 0 Å². The molecule has 0 bridgehead atoms. The number of hydrogen-bond donors (Lipinski definition) is 1. The van der Waals surface area contributed by atoms with Crippen LogP contribution in [0.5, 0.6) is 0 Å². The fraction of sp³-hybridized carbons (Fsp3) is 0.500. The van der Waals surface area contributed by atoms with Crippen LogP contribution in [-0.4, -0.2) is 39.3 Å². The third-order valence-corrected chi connectivity index (χ3v) is 4.24. The topological polar surface area (TPSA) is 36.9 Å². The van der Waals surface area contributed by atoms with Crippen LogP contribution in [0, 0.1) is 4.77 Å². The van der Waals surface area contributed by atoms with Crippen molar-refractivity contribution >= 4 is 23.6 Å². The first-order valence-corrected chi connectivity index (χ1v) is 7.27. The van der Waals surface area contributed by atoms with Crippen molar-refractivity contribution in [1.82, 2.24) is 19.7 Å². The molecule has 0 spiro atoms. The van der Waals surface area contributed by atoms with E-state index in [0.717, 1.165) is 23.8 Å². The van der Waals surface area contributed by atoms with Gasteiger partial charge in [-0.25, -0.2) is 0 Å². The van der Waals surface area contributed by atoms with Crippen molar-refractivity contribution in [2.75, 3.05) is 13.6 Å². The molecule has 0 saturated heterocycles. The predicted molar refractivity (Wildman–Crippen MR) is 78.5 cm³/mol. The minimum atomic E-state index is 0.538. The predicted octanol–water partition coefficient (Wildman–Crippen LogP) is 3.01. The van der Waals surface area contributed by atoms with Crippen molar-refractivity contribution < 1.29 is 0 Å². The van der Waals surface area contributed by atoms with E-state index in [2.05, 4.69) is 52.0 Å². The number of aromatic amines is 1. The van der Waals surface area contributed by atoms with Gasteiger partial charge in [-0.2, -0.15) is 5.10 Å². The summed E-state index contributed by atoms with van der Waals surface area (Å²) in [6.45, 7) is 6.20. The maximum Gasteiger partial charge on any atom is 0.195 e. The van der Waals surface area contributed by atoms with Crippen LogP contribution in [0.1, 0.15) is 13.8 Å². The third kappa shape index (κ3) is 2.88. The van der Waals surface area contributed by atoms with Crippen LogP contribution in [-0.2, 0) is 6.54 Å². The van der Waals surface area contributed by atoms with Gasteiger partial charge in [0.05, 0.1) is 4.88 Å². The largest absolute Gasteiger partial charge is 0.302 e. The van der Waals surface area contributed by atoms with E-state index in [4.69, 9.17) is 12.2 Å². The van der Waals surface area contributed by atoms with Gasteiger partial charge in [0.1, 0.15) is 0 Å². The summed E-state index contributed by atoms with van der Waals surface area (Å²) in [5, 5.41) is 9.25. The van der Waals surface area contributed by atoms with E-state index in [1.165, 1.54) is 0 Å².